The van der Waals surface area contributed by atoms with Crippen molar-refractivity contribution >= 4 is 5.78 Å². The maximum atomic E-state index is 12.6. The summed E-state index contributed by atoms with van der Waals surface area (Å²) in [5.74, 6) is 1.30. The van der Waals surface area contributed by atoms with E-state index in [1.54, 1.807) is 6.92 Å². The molecular weight excluding hydrogens is 692 g/mol. The summed E-state index contributed by atoms with van der Waals surface area (Å²) in [6.45, 7) is 8.76. The number of allylic oxidation sites excluding steroid dienone is 4. The molecule has 7 aliphatic rings. The summed E-state index contributed by atoms with van der Waals surface area (Å²) in [5.41, 5.74) is 2.14. The van der Waals surface area contributed by atoms with Crippen molar-refractivity contribution < 1.29 is 69.3 Å². The molecule has 21 atom stereocenters. The second-order valence-electron chi connectivity index (χ2n) is 17.5. The van der Waals surface area contributed by atoms with Crippen molar-refractivity contribution in [3.8, 4) is 0 Å². The van der Waals surface area contributed by atoms with Crippen LogP contribution in [0.2, 0.25) is 0 Å². The molecule has 2 saturated carbocycles. The van der Waals surface area contributed by atoms with Crippen LogP contribution >= 0.6 is 0 Å². The van der Waals surface area contributed by atoms with E-state index in [9.17, 15) is 45.6 Å². The molecule has 0 unspecified atom stereocenters. The van der Waals surface area contributed by atoms with Gasteiger partial charge in [0.2, 0.25) is 0 Å². The molecule has 14 nitrogen and oxygen atoms in total. The van der Waals surface area contributed by atoms with E-state index in [4.69, 9.17) is 23.7 Å². The number of aliphatic hydroxyl groups is 8. The fourth-order valence-corrected chi connectivity index (χ4v) is 11.5. The van der Waals surface area contributed by atoms with Crippen molar-refractivity contribution in [2.75, 3.05) is 6.61 Å². The molecule has 53 heavy (non-hydrogen) atoms. The summed E-state index contributed by atoms with van der Waals surface area (Å²) >= 11 is 0. The van der Waals surface area contributed by atoms with Gasteiger partial charge < -0.3 is 64.5 Å². The Morgan fingerprint density at radius 1 is 0.736 bits per heavy atom. The topological polar surface area (TPSA) is 225 Å². The molecule has 4 aliphatic carbocycles. The molecular formula is C39H60O14. The molecule has 8 N–H and O–H groups in total. The van der Waals surface area contributed by atoms with Crippen LogP contribution in [0, 0.1) is 34.5 Å². The van der Waals surface area contributed by atoms with E-state index in [-0.39, 0.29) is 22.5 Å². The number of ether oxygens (including phenoxy) is 5. The number of carbonyl (C=O) groups excluding carboxylic acids is 1. The van der Waals surface area contributed by atoms with Gasteiger partial charge >= 0.3 is 0 Å². The van der Waals surface area contributed by atoms with Gasteiger partial charge in [0.25, 0.3) is 0 Å². The van der Waals surface area contributed by atoms with E-state index >= 15 is 0 Å². The Morgan fingerprint density at radius 2 is 1.32 bits per heavy atom. The summed E-state index contributed by atoms with van der Waals surface area (Å²) in [7, 11) is 0. The average Bonchev–Trinajstić information content (AvgIpc) is 3.49. The average molecular weight is 753 g/mol. The number of Topliss-reactive ketones (excluding diaryl/α,β-unsaturated/α-hetero) is 1. The van der Waals surface area contributed by atoms with Crippen LogP contribution in [0.15, 0.2) is 23.3 Å². The normalized spacial score (nSPS) is 54.2. The van der Waals surface area contributed by atoms with E-state index in [1.165, 1.54) is 19.4 Å². The van der Waals surface area contributed by atoms with E-state index in [1.807, 2.05) is 0 Å². The van der Waals surface area contributed by atoms with E-state index in [0.717, 1.165) is 37.7 Å². The lowest BCUT2D eigenvalue weighted by molar-refractivity contribution is -0.365. The van der Waals surface area contributed by atoms with Crippen molar-refractivity contribution in [3.05, 3.63) is 23.3 Å². The molecule has 0 radical (unpaired) electrons. The van der Waals surface area contributed by atoms with Gasteiger partial charge in [-0.15, -0.1) is 0 Å². The molecule has 0 aromatic heterocycles. The van der Waals surface area contributed by atoms with Gasteiger partial charge in [0, 0.05) is 0 Å². The Kier molecular flexibility index (Phi) is 11.2. The minimum absolute atomic E-state index is 0.0692. The van der Waals surface area contributed by atoms with Gasteiger partial charge in [-0.1, -0.05) is 31.6 Å². The van der Waals surface area contributed by atoms with Gasteiger partial charge in [-0.25, -0.2) is 0 Å². The lowest BCUT2D eigenvalue weighted by atomic mass is 9.46. The Labute approximate surface area is 310 Å². The van der Waals surface area contributed by atoms with Crippen LogP contribution in [0.5, 0.6) is 0 Å². The molecule has 3 aliphatic heterocycles. The summed E-state index contributed by atoms with van der Waals surface area (Å²) in [4.78, 5) is 12.6. The third-order valence-corrected chi connectivity index (χ3v) is 14.6. The summed E-state index contributed by atoms with van der Waals surface area (Å²) in [6.07, 6.45) is -9.62. The number of hydrogen-bond donors (Lipinski definition) is 8. The number of fused-ring (bicyclic) bond motifs is 5. The Morgan fingerprint density at radius 3 is 1.91 bits per heavy atom. The van der Waals surface area contributed by atoms with Crippen LogP contribution in [-0.4, -0.2) is 145 Å². The monoisotopic (exact) mass is 752 g/mol. The highest BCUT2D eigenvalue weighted by atomic mass is 16.7. The maximum absolute atomic E-state index is 12.6. The quantitative estimate of drug-likeness (QED) is 0.163. The van der Waals surface area contributed by atoms with E-state index in [0.29, 0.717) is 30.6 Å². The number of ketones is 1. The first-order valence-electron chi connectivity index (χ1n) is 19.6. The largest absolute Gasteiger partial charge is 0.394 e. The molecule has 3 saturated heterocycles. The van der Waals surface area contributed by atoms with Gasteiger partial charge in [-0.05, 0) is 106 Å². The highest BCUT2D eigenvalue weighted by molar-refractivity contribution is 5.95. The fourth-order valence-electron chi connectivity index (χ4n) is 11.5. The minimum Gasteiger partial charge on any atom is -0.394 e. The molecule has 0 aromatic rings. The van der Waals surface area contributed by atoms with Crippen LogP contribution in [0.1, 0.15) is 79.6 Å². The molecule has 7 rings (SSSR count). The lowest BCUT2D eigenvalue weighted by Crippen LogP contribution is -2.67. The predicted octanol–water partition coefficient (Wildman–Crippen LogP) is 0.237. The Balaban J connectivity index is 1.15. The molecule has 14 heteroatoms. The second kappa shape index (κ2) is 14.9. The van der Waals surface area contributed by atoms with Gasteiger partial charge in [0.1, 0.15) is 61.0 Å². The first kappa shape index (κ1) is 39.8. The zero-order valence-electron chi connectivity index (χ0n) is 31.3. The predicted molar refractivity (Wildman–Crippen MR) is 186 cm³/mol. The zero-order valence-corrected chi connectivity index (χ0v) is 31.3. The van der Waals surface area contributed by atoms with Crippen molar-refractivity contribution in [1.82, 2.24) is 0 Å². The van der Waals surface area contributed by atoms with Crippen molar-refractivity contribution in [3.63, 3.8) is 0 Å². The third-order valence-electron chi connectivity index (χ3n) is 14.6. The standard InChI is InChI=1S/C39H60O14/c1-16(41)22-8-9-23-21-7-6-20-14-19(10-12-38(20,4)24(21)11-13-39(22,23)5)33-35(53-37-31(47)29(45)27(43)18(3)50-37)32(48)34(25(15-40)51-33)52-36-30(46)28(44)26(42)17(2)49-36/h6,8,17-19,21,23-37,40,42-48H,7,9-15H2,1-5H3/t17-,18-,19-,21-,23-,24-,25+,26-,27-,28+,29+,30+,31+,32-,33-,34+,35+,36-,37-,38-,39+/m0/s1. The number of rotatable bonds is 7. The van der Waals surface area contributed by atoms with Crippen LogP contribution in [0.3, 0.4) is 0 Å². The third kappa shape index (κ3) is 6.61. The van der Waals surface area contributed by atoms with Gasteiger partial charge in [-0.3, -0.25) is 4.79 Å². The van der Waals surface area contributed by atoms with Crippen LogP contribution < -0.4 is 0 Å². The molecule has 300 valence electrons. The van der Waals surface area contributed by atoms with Crippen molar-refractivity contribution in [2.24, 2.45) is 34.5 Å². The summed E-state index contributed by atoms with van der Waals surface area (Å²) in [6, 6.07) is 0. The highest BCUT2D eigenvalue weighted by Gasteiger charge is 2.60. The minimum atomic E-state index is -1.68. The van der Waals surface area contributed by atoms with Gasteiger partial charge in [0.05, 0.1) is 24.9 Å². The van der Waals surface area contributed by atoms with Crippen LogP contribution in [0.4, 0.5) is 0 Å². The molecule has 0 amide bonds. The van der Waals surface area contributed by atoms with Crippen molar-refractivity contribution in [1.29, 1.82) is 0 Å². The van der Waals surface area contributed by atoms with Gasteiger partial charge in [0.15, 0.2) is 18.4 Å². The smallest absolute Gasteiger partial charge is 0.187 e. The highest BCUT2D eigenvalue weighted by Crippen LogP contribution is 2.65. The van der Waals surface area contributed by atoms with Crippen LogP contribution in [0.25, 0.3) is 0 Å². The van der Waals surface area contributed by atoms with Gasteiger partial charge in [-0.2, -0.15) is 0 Å². The summed E-state index contributed by atoms with van der Waals surface area (Å²) < 4.78 is 30.4. The Hall–Kier alpha value is -1.37. The van der Waals surface area contributed by atoms with E-state index in [2.05, 4.69) is 26.0 Å². The fraction of sp³-hybridized carbons (Fsp3) is 0.872. The number of aliphatic hydroxyl groups excluding tert-OH is 8. The zero-order chi connectivity index (χ0) is 38.3. The SMILES string of the molecule is CC(=O)C1=CC[C@H]2[C@@H]3CC=C4C[C@@H]([C@@H]5O[C@H](CO)[C@@H](O[C@@H]6O[C@@H](C)[C@H](O)[C@@H](O)[C@H]6O)[C@H](O)[C@H]5O[C@@H]5O[C@@H](C)[C@H](O)[C@@H](O)[C@H]5O)CC[C@]4(C)[C@H]3CC[C@]12C. The molecule has 3 heterocycles. The molecule has 0 aromatic carbocycles. The number of carbonyl (C=O) groups is 1. The van der Waals surface area contributed by atoms with E-state index < -0.39 is 98.5 Å². The Bertz CT molecular complexity index is 1420. The molecule has 0 spiro atoms. The molecule has 5 fully saturated rings. The first-order valence-corrected chi connectivity index (χ1v) is 19.6. The van der Waals surface area contributed by atoms with Crippen molar-refractivity contribution in [2.45, 2.75) is 171 Å². The number of hydrogen-bond acceptors (Lipinski definition) is 14. The maximum Gasteiger partial charge on any atom is 0.187 e. The lowest BCUT2D eigenvalue weighted by Gasteiger charge is -2.59. The summed E-state index contributed by atoms with van der Waals surface area (Å²) in [5, 5.41) is 85.8. The molecule has 0 bridgehead atoms. The van der Waals surface area contributed by atoms with Crippen LogP contribution in [-0.2, 0) is 28.5 Å². The first-order chi connectivity index (χ1) is 25.0. The second-order valence-corrected chi connectivity index (χ2v) is 17.5.